The Bertz CT molecular complexity index is 1290. The number of ketones is 1. The van der Waals surface area contributed by atoms with Crippen molar-refractivity contribution in [1.29, 1.82) is 0 Å². The molecule has 1 saturated heterocycles. The fourth-order valence-electron chi connectivity index (χ4n) is 8.42. The van der Waals surface area contributed by atoms with E-state index in [2.05, 4.69) is 6.92 Å². The second-order valence-electron chi connectivity index (χ2n) is 12.9. The minimum Gasteiger partial charge on any atom is -0.511 e. The number of Topliss-reactive ketones (excluding diaryl/α,β-unsaturated/α-hetero) is 1. The highest BCUT2D eigenvalue weighted by Crippen LogP contribution is 2.60. The Hall–Kier alpha value is -2.81. The van der Waals surface area contributed by atoms with Crippen LogP contribution in [0.1, 0.15) is 53.9 Å². The van der Waals surface area contributed by atoms with E-state index in [4.69, 9.17) is 4.74 Å². The van der Waals surface area contributed by atoms with Crippen LogP contribution >= 0.6 is 0 Å². The lowest BCUT2D eigenvalue weighted by Crippen LogP contribution is -2.54. The van der Waals surface area contributed by atoms with E-state index in [0.717, 1.165) is 5.57 Å². The molecule has 5 rings (SSSR count). The van der Waals surface area contributed by atoms with Crippen LogP contribution in [0.5, 0.6) is 0 Å². The summed E-state index contributed by atoms with van der Waals surface area (Å²) in [4.78, 5) is 39.7. The van der Waals surface area contributed by atoms with Crippen molar-refractivity contribution in [2.24, 2.45) is 40.9 Å². The number of carbonyl (C=O) groups is 3. The van der Waals surface area contributed by atoms with E-state index in [9.17, 15) is 34.8 Å². The topological polar surface area (TPSA) is 141 Å². The van der Waals surface area contributed by atoms with Gasteiger partial charge in [-0.1, -0.05) is 50.6 Å². The van der Waals surface area contributed by atoms with Gasteiger partial charge in [0.05, 0.1) is 24.2 Å². The monoisotopic (exact) mass is 552 g/mol. The number of aliphatic hydroxyl groups excluding tert-OH is 4. The van der Waals surface area contributed by atoms with Crippen molar-refractivity contribution in [2.45, 2.75) is 77.8 Å². The van der Waals surface area contributed by atoms with Gasteiger partial charge in [-0.15, -0.1) is 0 Å². The molecule has 4 aliphatic carbocycles. The third-order valence-electron chi connectivity index (χ3n) is 10.5. The molecule has 216 valence electrons. The molecule has 40 heavy (non-hydrogen) atoms. The van der Waals surface area contributed by atoms with E-state index < -0.39 is 58.5 Å². The van der Waals surface area contributed by atoms with E-state index >= 15 is 0 Å². The van der Waals surface area contributed by atoms with Gasteiger partial charge in [0.2, 0.25) is 5.78 Å². The van der Waals surface area contributed by atoms with Crippen LogP contribution < -0.4 is 0 Å². The SMILES string of the molecule is C/C1=C\[C@@H]2[C@@H](O)C=C(C=O)C[C@]23OC(=O)/C(=C(/O)[C@@]2(C)[C@H]4[C@H](C=C[C@H]2/C(C)=C/C[C@H]1O)[C@@H](O)[C@@H](C)C[C@@H]4C)C3=O. The number of rotatable bonds is 1. The van der Waals surface area contributed by atoms with Crippen LogP contribution in [0.2, 0.25) is 0 Å². The van der Waals surface area contributed by atoms with Crippen LogP contribution in [0, 0.1) is 40.9 Å². The van der Waals surface area contributed by atoms with Gasteiger partial charge in [0, 0.05) is 23.7 Å². The Morgan fingerprint density at radius 2 is 1.73 bits per heavy atom. The summed E-state index contributed by atoms with van der Waals surface area (Å²) in [5.41, 5.74) is -2.12. The number of fused-ring (bicyclic) bond motifs is 4. The lowest BCUT2D eigenvalue weighted by molar-refractivity contribution is -0.159. The van der Waals surface area contributed by atoms with E-state index in [1.54, 1.807) is 13.0 Å². The molecule has 0 amide bonds. The fraction of sp³-hybridized carbons (Fsp3) is 0.594. The van der Waals surface area contributed by atoms with E-state index in [1.807, 2.05) is 39.0 Å². The highest BCUT2D eigenvalue weighted by Gasteiger charge is 2.64. The number of hydrogen-bond donors (Lipinski definition) is 4. The van der Waals surface area contributed by atoms with Gasteiger partial charge in [-0.3, -0.25) is 9.59 Å². The van der Waals surface area contributed by atoms with Gasteiger partial charge in [-0.2, -0.15) is 0 Å². The minimum atomic E-state index is -1.94. The normalized spacial score (nSPS) is 49.8. The van der Waals surface area contributed by atoms with Crippen molar-refractivity contribution in [3.63, 3.8) is 0 Å². The van der Waals surface area contributed by atoms with Crippen molar-refractivity contribution in [2.75, 3.05) is 0 Å². The quantitative estimate of drug-likeness (QED) is 0.168. The Labute approximate surface area is 234 Å². The third-order valence-corrected chi connectivity index (χ3v) is 10.5. The highest BCUT2D eigenvalue weighted by molar-refractivity contribution is 6.26. The number of hydrogen-bond acceptors (Lipinski definition) is 8. The Morgan fingerprint density at radius 3 is 2.40 bits per heavy atom. The molecule has 1 saturated carbocycles. The molecule has 1 aliphatic heterocycles. The molecule has 0 radical (unpaired) electrons. The second kappa shape index (κ2) is 9.93. The van der Waals surface area contributed by atoms with Gasteiger partial charge in [-0.05, 0) is 61.7 Å². The Kier molecular flexibility index (Phi) is 7.12. The molecular formula is C32H40O8. The van der Waals surface area contributed by atoms with Crippen molar-refractivity contribution in [3.05, 3.63) is 58.4 Å². The standard InChI is InChI=1S/C32H40O8/c1-15-6-9-23(34)16(2)11-22-24(35)12-19(14-33)13-32(22)29(38)25(30(39)40-32)28(37)31(5)21(15)8-7-20-26(31)17(3)10-18(4)27(20)36/h6-8,11-12,14,17-18,20-24,26-27,34-37H,9-10,13H2,1-5H3/b15-6+,16-11+,28-25+/t17-,18-,20-,21-,22+,23+,24-,26+,27-,31+,32-/m0/s1. The van der Waals surface area contributed by atoms with Gasteiger partial charge in [0.25, 0.3) is 0 Å². The molecular weight excluding hydrogens is 512 g/mol. The van der Waals surface area contributed by atoms with Gasteiger partial charge in [-0.25, -0.2) is 4.79 Å². The summed E-state index contributed by atoms with van der Waals surface area (Å²) < 4.78 is 5.81. The summed E-state index contributed by atoms with van der Waals surface area (Å²) >= 11 is 0. The zero-order valence-corrected chi connectivity index (χ0v) is 23.7. The average Bonchev–Trinajstić information content (AvgIpc) is 3.14. The molecule has 8 nitrogen and oxygen atoms in total. The molecule has 0 unspecified atom stereocenters. The van der Waals surface area contributed by atoms with Crippen molar-refractivity contribution < 1.29 is 39.5 Å². The third kappa shape index (κ3) is 4.02. The van der Waals surface area contributed by atoms with Gasteiger partial charge in [0.15, 0.2) is 5.60 Å². The average molecular weight is 553 g/mol. The molecule has 2 bridgehead atoms. The largest absolute Gasteiger partial charge is 0.511 e. The van der Waals surface area contributed by atoms with Crippen LogP contribution in [-0.2, 0) is 19.1 Å². The number of aliphatic hydroxyl groups is 4. The smallest absolute Gasteiger partial charge is 0.346 e. The maximum Gasteiger partial charge on any atom is 0.346 e. The van der Waals surface area contributed by atoms with Gasteiger partial charge >= 0.3 is 5.97 Å². The van der Waals surface area contributed by atoms with Crippen molar-refractivity contribution in [1.82, 2.24) is 0 Å². The summed E-state index contributed by atoms with van der Waals surface area (Å²) in [5.74, 6) is -4.22. The van der Waals surface area contributed by atoms with Crippen LogP contribution in [0.25, 0.3) is 0 Å². The predicted octanol–water partition coefficient (Wildman–Crippen LogP) is 3.29. The highest BCUT2D eigenvalue weighted by atomic mass is 16.6. The number of aldehydes is 1. The number of ether oxygens (including phenoxy) is 1. The molecule has 1 spiro atoms. The lowest BCUT2D eigenvalue weighted by atomic mass is 9.49. The van der Waals surface area contributed by atoms with Gasteiger partial charge in [0.1, 0.15) is 17.6 Å². The summed E-state index contributed by atoms with van der Waals surface area (Å²) in [7, 11) is 0. The molecule has 1 heterocycles. The molecule has 0 aromatic heterocycles. The van der Waals surface area contributed by atoms with Crippen LogP contribution in [-0.4, -0.2) is 62.4 Å². The first-order valence-electron chi connectivity index (χ1n) is 14.2. The molecule has 0 aromatic carbocycles. The number of esters is 1. The van der Waals surface area contributed by atoms with E-state index in [0.29, 0.717) is 18.3 Å². The first-order chi connectivity index (χ1) is 18.8. The first-order valence-corrected chi connectivity index (χ1v) is 14.2. The summed E-state index contributed by atoms with van der Waals surface area (Å²) in [6.07, 6.45) is 7.02. The van der Waals surface area contributed by atoms with Crippen molar-refractivity contribution in [3.8, 4) is 0 Å². The zero-order chi connectivity index (χ0) is 29.3. The number of allylic oxidation sites excluding steroid dienone is 3. The summed E-state index contributed by atoms with van der Waals surface area (Å²) in [5, 5.41) is 45.4. The summed E-state index contributed by atoms with van der Waals surface area (Å²) in [6.45, 7) is 9.50. The molecule has 11 atom stereocenters. The number of carbonyl (C=O) groups excluding carboxylic acids is 3. The predicted molar refractivity (Wildman–Crippen MR) is 147 cm³/mol. The van der Waals surface area contributed by atoms with Crippen molar-refractivity contribution >= 4 is 18.0 Å². The first kappa shape index (κ1) is 28.7. The summed E-state index contributed by atoms with van der Waals surface area (Å²) in [6, 6.07) is 0. The van der Waals surface area contributed by atoms with E-state index in [-0.39, 0.29) is 47.8 Å². The molecule has 8 heteroatoms. The fourth-order valence-corrected chi connectivity index (χ4v) is 8.42. The molecule has 5 aliphatic rings. The molecule has 0 aromatic rings. The van der Waals surface area contributed by atoms with Crippen LogP contribution in [0.4, 0.5) is 0 Å². The zero-order valence-electron chi connectivity index (χ0n) is 23.7. The van der Waals surface area contributed by atoms with Crippen LogP contribution in [0.15, 0.2) is 58.4 Å². The maximum atomic E-state index is 14.3. The minimum absolute atomic E-state index is 0.0332. The van der Waals surface area contributed by atoms with E-state index in [1.165, 1.54) is 6.08 Å². The van der Waals surface area contributed by atoms with Gasteiger partial charge < -0.3 is 25.2 Å². The van der Waals surface area contributed by atoms with Crippen LogP contribution in [0.3, 0.4) is 0 Å². The molecule has 2 fully saturated rings. The second-order valence-corrected chi connectivity index (χ2v) is 12.9. The lowest BCUT2D eigenvalue weighted by Gasteiger charge is -2.55. The molecule has 4 N–H and O–H groups in total. The Morgan fingerprint density at radius 1 is 1.02 bits per heavy atom. The maximum absolute atomic E-state index is 14.3. The Balaban J connectivity index is 1.79.